The molecule has 0 amide bonds. The van der Waals surface area contributed by atoms with Crippen LogP contribution >= 0.6 is 0 Å². The molecule has 0 fully saturated rings. The van der Waals surface area contributed by atoms with Crippen LogP contribution in [0.5, 0.6) is 0 Å². The van der Waals surface area contributed by atoms with Crippen molar-refractivity contribution in [2.75, 3.05) is 6.61 Å². The predicted octanol–water partition coefficient (Wildman–Crippen LogP) is -2.63. The Morgan fingerprint density at radius 3 is 2.07 bits per heavy atom. The molecule has 0 unspecified atom stereocenters. The summed E-state index contributed by atoms with van der Waals surface area (Å²) in [6.45, 7) is 1.71. The van der Waals surface area contributed by atoms with Gasteiger partial charge in [0.15, 0.2) is 0 Å². The van der Waals surface area contributed by atoms with Gasteiger partial charge in [-0.2, -0.15) is 0 Å². The zero-order chi connectivity index (χ0) is 11.1. The molecule has 0 spiro atoms. The van der Waals surface area contributed by atoms with Gasteiger partial charge in [0.1, 0.15) is 0 Å². The number of carbonyl (C=O) groups is 3. The van der Waals surface area contributed by atoms with Crippen molar-refractivity contribution in [3.63, 3.8) is 0 Å². The minimum atomic E-state index is -1.89. The van der Waals surface area contributed by atoms with Crippen molar-refractivity contribution in [3.05, 3.63) is 11.6 Å². The van der Waals surface area contributed by atoms with E-state index in [2.05, 4.69) is 4.74 Å². The SMILES string of the molecule is CCOC(=O)CC=C(C(=O)[O-])C(=O)[O-]. The molecule has 0 radical (unpaired) electrons. The molecule has 0 atom stereocenters. The number of rotatable bonds is 5. The van der Waals surface area contributed by atoms with Crippen LogP contribution < -0.4 is 10.2 Å². The zero-order valence-electron chi connectivity index (χ0n) is 7.44. The maximum absolute atomic E-state index is 10.7. The fraction of sp³-hybridized carbons (Fsp3) is 0.375. The van der Waals surface area contributed by atoms with E-state index in [0.29, 0.717) is 6.08 Å². The molecule has 0 aliphatic heterocycles. The monoisotopic (exact) mass is 200 g/mol. The third-order valence-corrected chi connectivity index (χ3v) is 1.22. The normalized spacial score (nSPS) is 8.93. The average Bonchev–Trinajstić information content (AvgIpc) is 2.03. The molecule has 0 saturated heterocycles. The minimum absolute atomic E-state index is 0.138. The van der Waals surface area contributed by atoms with Crippen molar-refractivity contribution in [2.45, 2.75) is 13.3 Å². The molecular weight excluding hydrogens is 192 g/mol. The molecular formula is C8H8O6-2. The van der Waals surface area contributed by atoms with E-state index in [1.54, 1.807) is 6.92 Å². The van der Waals surface area contributed by atoms with Crippen molar-refractivity contribution in [1.29, 1.82) is 0 Å². The van der Waals surface area contributed by atoms with Crippen LogP contribution in [0.3, 0.4) is 0 Å². The van der Waals surface area contributed by atoms with Gasteiger partial charge in [-0.15, -0.1) is 0 Å². The second kappa shape index (κ2) is 5.74. The smallest absolute Gasteiger partial charge is 0.309 e. The Hall–Kier alpha value is -1.85. The van der Waals surface area contributed by atoms with E-state index in [1.807, 2.05) is 0 Å². The Labute approximate surface area is 79.8 Å². The molecule has 0 saturated carbocycles. The van der Waals surface area contributed by atoms with Gasteiger partial charge < -0.3 is 24.5 Å². The largest absolute Gasteiger partial charge is 0.545 e. The van der Waals surface area contributed by atoms with Gasteiger partial charge in [-0.25, -0.2) is 0 Å². The van der Waals surface area contributed by atoms with Crippen LogP contribution in [-0.4, -0.2) is 24.5 Å². The first kappa shape index (κ1) is 12.2. The van der Waals surface area contributed by atoms with Gasteiger partial charge in [0.05, 0.1) is 25.0 Å². The standard InChI is InChI=1S/C8H10O6/c1-2-14-6(9)4-3-5(7(10)11)8(12)13/h3H,2,4H2,1H3,(H,10,11)(H,12,13)/p-2. The first-order valence-corrected chi connectivity index (χ1v) is 3.77. The third-order valence-electron chi connectivity index (χ3n) is 1.22. The first-order chi connectivity index (χ1) is 6.49. The van der Waals surface area contributed by atoms with Crippen LogP contribution in [0.4, 0.5) is 0 Å². The third kappa shape index (κ3) is 4.24. The highest BCUT2D eigenvalue weighted by Crippen LogP contribution is 1.96. The van der Waals surface area contributed by atoms with Crippen LogP contribution in [0.2, 0.25) is 0 Å². The van der Waals surface area contributed by atoms with Crippen LogP contribution in [0.15, 0.2) is 11.6 Å². The van der Waals surface area contributed by atoms with Gasteiger partial charge >= 0.3 is 5.97 Å². The van der Waals surface area contributed by atoms with Gasteiger partial charge in [0.25, 0.3) is 0 Å². The number of carbonyl (C=O) groups excluding carboxylic acids is 3. The summed E-state index contributed by atoms with van der Waals surface area (Å²) in [5.74, 6) is -4.50. The number of carboxylic acids is 2. The molecule has 6 heteroatoms. The predicted molar refractivity (Wildman–Crippen MR) is 39.3 cm³/mol. The molecule has 0 aliphatic rings. The Balaban J connectivity index is 4.38. The van der Waals surface area contributed by atoms with Crippen molar-refractivity contribution < 1.29 is 29.3 Å². The summed E-state index contributed by atoms with van der Waals surface area (Å²) in [6.07, 6.45) is 0.244. The Morgan fingerprint density at radius 1 is 1.21 bits per heavy atom. The van der Waals surface area contributed by atoms with Crippen LogP contribution in [0.25, 0.3) is 0 Å². The number of ether oxygens (including phenoxy) is 1. The van der Waals surface area contributed by atoms with E-state index in [0.717, 1.165) is 0 Å². The highest BCUT2D eigenvalue weighted by molar-refractivity contribution is 6.10. The molecule has 0 N–H and O–H groups in total. The zero-order valence-corrected chi connectivity index (χ0v) is 7.44. The molecule has 0 aromatic rings. The Morgan fingerprint density at radius 2 is 1.71 bits per heavy atom. The average molecular weight is 200 g/mol. The Bertz CT molecular complexity index is 262. The van der Waals surface area contributed by atoms with Gasteiger partial charge in [0.2, 0.25) is 0 Å². The van der Waals surface area contributed by atoms with Crippen LogP contribution in [-0.2, 0) is 19.1 Å². The van der Waals surface area contributed by atoms with Crippen molar-refractivity contribution in [1.82, 2.24) is 0 Å². The topological polar surface area (TPSA) is 107 Å². The van der Waals surface area contributed by atoms with E-state index >= 15 is 0 Å². The summed E-state index contributed by atoms with van der Waals surface area (Å²) < 4.78 is 4.44. The molecule has 0 aliphatic carbocycles. The summed E-state index contributed by atoms with van der Waals surface area (Å²) in [5.41, 5.74) is -1.06. The van der Waals surface area contributed by atoms with Crippen LogP contribution in [0, 0.1) is 0 Å². The quantitative estimate of drug-likeness (QED) is 0.208. The number of hydrogen-bond acceptors (Lipinski definition) is 6. The van der Waals surface area contributed by atoms with E-state index in [1.165, 1.54) is 0 Å². The fourth-order valence-electron chi connectivity index (χ4n) is 0.655. The molecule has 0 aromatic carbocycles. The van der Waals surface area contributed by atoms with Gasteiger partial charge in [-0.3, -0.25) is 4.79 Å². The first-order valence-electron chi connectivity index (χ1n) is 3.77. The van der Waals surface area contributed by atoms with Crippen molar-refractivity contribution in [3.8, 4) is 0 Å². The molecule has 0 rings (SSSR count). The summed E-state index contributed by atoms with van der Waals surface area (Å²) in [5, 5.41) is 20.3. The lowest BCUT2D eigenvalue weighted by molar-refractivity contribution is -0.312. The van der Waals surface area contributed by atoms with E-state index in [9.17, 15) is 24.6 Å². The molecule has 0 heterocycles. The van der Waals surface area contributed by atoms with E-state index in [4.69, 9.17) is 0 Å². The lowest BCUT2D eigenvalue weighted by Crippen LogP contribution is -2.36. The van der Waals surface area contributed by atoms with Crippen LogP contribution in [0.1, 0.15) is 13.3 Å². The lowest BCUT2D eigenvalue weighted by atomic mass is 10.2. The minimum Gasteiger partial charge on any atom is -0.545 e. The molecule has 6 nitrogen and oxygen atoms in total. The summed E-state index contributed by atoms with van der Waals surface area (Å²) in [4.78, 5) is 31.0. The molecule has 14 heavy (non-hydrogen) atoms. The number of esters is 1. The molecule has 78 valence electrons. The van der Waals surface area contributed by atoms with Gasteiger partial charge in [-0.1, -0.05) is 6.08 Å². The molecule has 0 bridgehead atoms. The maximum Gasteiger partial charge on any atom is 0.309 e. The van der Waals surface area contributed by atoms with Gasteiger partial charge in [-0.05, 0) is 6.92 Å². The van der Waals surface area contributed by atoms with Gasteiger partial charge in [0, 0.05) is 5.57 Å². The Kier molecular flexibility index (Phi) is 4.98. The van der Waals surface area contributed by atoms with Crippen molar-refractivity contribution in [2.24, 2.45) is 0 Å². The van der Waals surface area contributed by atoms with Crippen molar-refractivity contribution >= 4 is 17.9 Å². The summed E-state index contributed by atoms with van der Waals surface area (Å²) in [6, 6.07) is 0. The molecule has 0 aromatic heterocycles. The highest BCUT2D eigenvalue weighted by atomic mass is 16.5. The summed E-state index contributed by atoms with van der Waals surface area (Å²) in [7, 11) is 0. The second-order valence-electron chi connectivity index (χ2n) is 2.20. The highest BCUT2D eigenvalue weighted by Gasteiger charge is 2.03. The summed E-state index contributed by atoms with van der Waals surface area (Å²) >= 11 is 0. The number of aliphatic carboxylic acids is 2. The lowest BCUT2D eigenvalue weighted by Gasteiger charge is -2.08. The fourth-order valence-corrected chi connectivity index (χ4v) is 0.655. The second-order valence-corrected chi connectivity index (χ2v) is 2.20. The number of carboxylic acid groups (broad SMARTS) is 2. The maximum atomic E-state index is 10.7. The van der Waals surface area contributed by atoms with E-state index in [-0.39, 0.29) is 6.61 Å². The van der Waals surface area contributed by atoms with E-state index < -0.39 is 29.9 Å². The number of hydrogen-bond donors (Lipinski definition) is 0.